The zero-order valence-corrected chi connectivity index (χ0v) is 12.6. The van der Waals surface area contributed by atoms with Gasteiger partial charge in [-0.2, -0.15) is 5.26 Å². The number of hydrogen-bond acceptors (Lipinski definition) is 4. The minimum atomic E-state index is 0.0732. The summed E-state index contributed by atoms with van der Waals surface area (Å²) < 4.78 is 5.24. The lowest BCUT2D eigenvalue weighted by Crippen LogP contribution is -2.41. The van der Waals surface area contributed by atoms with Crippen molar-refractivity contribution in [2.75, 3.05) is 27.2 Å². The Labute approximate surface area is 125 Å². The maximum absolute atomic E-state index is 11.8. The summed E-state index contributed by atoms with van der Waals surface area (Å²) in [4.78, 5) is 14.0. The van der Waals surface area contributed by atoms with Gasteiger partial charge in [-0.25, -0.2) is 0 Å². The van der Waals surface area contributed by atoms with Crippen LogP contribution in [-0.2, 0) is 11.3 Å². The van der Waals surface area contributed by atoms with Gasteiger partial charge in [0.2, 0.25) is 5.91 Å². The highest BCUT2D eigenvalue weighted by atomic mass is 16.5. The number of benzene rings is 1. The van der Waals surface area contributed by atoms with Crippen molar-refractivity contribution in [2.24, 2.45) is 5.92 Å². The molecular formula is C16H21N3O2. The van der Waals surface area contributed by atoms with Crippen molar-refractivity contribution in [3.63, 3.8) is 0 Å². The summed E-state index contributed by atoms with van der Waals surface area (Å²) in [6.07, 6.45) is 1.98. The van der Waals surface area contributed by atoms with Gasteiger partial charge in [0, 0.05) is 20.1 Å². The van der Waals surface area contributed by atoms with E-state index in [0.717, 1.165) is 38.0 Å². The second-order valence-corrected chi connectivity index (χ2v) is 5.33. The zero-order chi connectivity index (χ0) is 15.2. The molecule has 0 radical (unpaired) electrons. The van der Waals surface area contributed by atoms with Crippen molar-refractivity contribution in [1.29, 1.82) is 5.26 Å². The molecule has 1 unspecified atom stereocenters. The van der Waals surface area contributed by atoms with Crippen LogP contribution in [0.4, 0.5) is 0 Å². The fraction of sp³-hybridized carbons (Fsp3) is 0.500. The molecule has 5 heteroatoms. The highest BCUT2D eigenvalue weighted by molar-refractivity contribution is 5.78. The highest BCUT2D eigenvalue weighted by Gasteiger charge is 2.25. The van der Waals surface area contributed by atoms with E-state index >= 15 is 0 Å². The van der Waals surface area contributed by atoms with Crippen molar-refractivity contribution in [3.05, 3.63) is 29.3 Å². The number of carbonyl (C=O) groups excluding carboxylic acids is 1. The first-order chi connectivity index (χ1) is 10.2. The van der Waals surface area contributed by atoms with E-state index in [9.17, 15) is 4.79 Å². The molecule has 1 aromatic rings. The second-order valence-electron chi connectivity index (χ2n) is 5.33. The Morgan fingerprint density at radius 3 is 3.05 bits per heavy atom. The minimum absolute atomic E-state index is 0.0732. The fourth-order valence-electron chi connectivity index (χ4n) is 2.80. The Kier molecular flexibility index (Phi) is 5.18. The van der Waals surface area contributed by atoms with Crippen LogP contribution in [0.2, 0.25) is 0 Å². The van der Waals surface area contributed by atoms with Crippen LogP contribution in [0.3, 0.4) is 0 Å². The van der Waals surface area contributed by atoms with Crippen LogP contribution in [0.25, 0.3) is 0 Å². The number of carbonyl (C=O) groups is 1. The molecule has 0 bridgehead atoms. The number of amides is 1. The van der Waals surface area contributed by atoms with E-state index in [1.165, 1.54) is 0 Å². The first-order valence-electron chi connectivity index (χ1n) is 7.19. The maximum Gasteiger partial charge on any atom is 0.224 e. The van der Waals surface area contributed by atoms with E-state index in [4.69, 9.17) is 10.00 Å². The van der Waals surface area contributed by atoms with Gasteiger partial charge in [0.05, 0.1) is 18.6 Å². The molecule has 2 rings (SSSR count). The van der Waals surface area contributed by atoms with Gasteiger partial charge in [-0.15, -0.1) is 0 Å². The average Bonchev–Trinajstić information content (AvgIpc) is 2.54. The number of nitrogens with one attached hydrogen (secondary N) is 1. The predicted molar refractivity (Wildman–Crippen MR) is 79.8 cm³/mol. The van der Waals surface area contributed by atoms with Gasteiger partial charge >= 0.3 is 0 Å². The molecule has 1 fully saturated rings. The van der Waals surface area contributed by atoms with Crippen LogP contribution >= 0.6 is 0 Å². The van der Waals surface area contributed by atoms with Crippen molar-refractivity contribution in [3.8, 4) is 11.8 Å². The van der Waals surface area contributed by atoms with Gasteiger partial charge in [-0.1, -0.05) is 6.07 Å². The van der Waals surface area contributed by atoms with Crippen molar-refractivity contribution >= 4 is 5.91 Å². The third-order valence-corrected chi connectivity index (χ3v) is 3.92. The van der Waals surface area contributed by atoms with E-state index in [1.807, 2.05) is 12.1 Å². The molecule has 1 aliphatic heterocycles. The molecule has 0 spiro atoms. The van der Waals surface area contributed by atoms with Crippen molar-refractivity contribution < 1.29 is 9.53 Å². The first-order valence-corrected chi connectivity index (χ1v) is 7.19. The lowest BCUT2D eigenvalue weighted by Gasteiger charge is -2.31. The van der Waals surface area contributed by atoms with Crippen LogP contribution in [0.1, 0.15) is 24.0 Å². The number of ether oxygens (including phenoxy) is 1. The molecule has 1 saturated heterocycles. The highest BCUT2D eigenvalue weighted by Crippen LogP contribution is 2.23. The standard InChI is InChI=1S/C16H21N3O2/c1-18-16(20)14-4-3-7-19(11-14)10-12-5-6-13(9-17)15(8-12)21-2/h5-6,8,14H,3-4,7,10-11H2,1-2H3,(H,18,20). The summed E-state index contributed by atoms with van der Waals surface area (Å²) in [7, 11) is 3.26. The normalized spacial score (nSPS) is 18.8. The number of nitrogens with zero attached hydrogens (tertiary/aromatic N) is 2. The summed E-state index contributed by atoms with van der Waals surface area (Å²) in [5.41, 5.74) is 1.64. The molecule has 1 heterocycles. The molecule has 0 saturated carbocycles. The molecule has 5 nitrogen and oxygen atoms in total. The maximum atomic E-state index is 11.8. The number of methoxy groups -OCH3 is 1. The summed E-state index contributed by atoms with van der Waals surface area (Å²) in [6.45, 7) is 2.55. The monoisotopic (exact) mass is 287 g/mol. The van der Waals surface area contributed by atoms with Gasteiger partial charge in [-0.05, 0) is 37.1 Å². The van der Waals surface area contributed by atoms with Crippen LogP contribution in [0.5, 0.6) is 5.75 Å². The van der Waals surface area contributed by atoms with Crippen molar-refractivity contribution in [2.45, 2.75) is 19.4 Å². The molecule has 1 aromatic carbocycles. The Morgan fingerprint density at radius 2 is 2.38 bits per heavy atom. The topological polar surface area (TPSA) is 65.4 Å². The van der Waals surface area contributed by atoms with Crippen LogP contribution in [-0.4, -0.2) is 38.1 Å². The Bertz CT molecular complexity index is 551. The number of nitriles is 1. The number of hydrogen-bond donors (Lipinski definition) is 1. The summed E-state index contributed by atoms with van der Waals surface area (Å²) in [6, 6.07) is 7.76. The number of likely N-dealkylation sites (tertiary alicyclic amines) is 1. The lowest BCUT2D eigenvalue weighted by atomic mass is 9.96. The molecule has 0 aliphatic carbocycles. The smallest absolute Gasteiger partial charge is 0.224 e. The van der Waals surface area contributed by atoms with Crippen LogP contribution in [0, 0.1) is 17.2 Å². The Balaban J connectivity index is 2.04. The van der Waals surface area contributed by atoms with Gasteiger partial charge in [0.25, 0.3) is 0 Å². The van der Waals surface area contributed by atoms with Gasteiger partial charge in [-0.3, -0.25) is 9.69 Å². The quantitative estimate of drug-likeness (QED) is 0.912. The number of piperidine rings is 1. The van der Waals surface area contributed by atoms with Crippen molar-refractivity contribution in [1.82, 2.24) is 10.2 Å². The Hall–Kier alpha value is -2.06. The predicted octanol–water partition coefficient (Wildman–Crippen LogP) is 1.52. The summed E-state index contributed by atoms with van der Waals surface area (Å²) in [5.74, 6) is 0.802. The van der Waals surface area contributed by atoms with Gasteiger partial charge in [0.1, 0.15) is 11.8 Å². The number of rotatable bonds is 4. The summed E-state index contributed by atoms with van der Waals surface area (Å²) >= 11 is 0. The first kappa shape index (κ1) is 15.3. The minimum Gasteiger partial charge on any atom is -0.495 e. The SMILES string of the molecule is CNC(=O)C1CCCN(Cc2ccc(C#N)c(OC)c2)C1. The lowest BCUT2D eigenvalue weighted by molar-refractivity contribution is -0.126. The largest absolute Gasteiger partial charge is 0.495 e. The van der Waals surface area contributed by atoms with E-state index < -0.39 is 0 Å². The second kappa shape index (κ2) is 7.09. The van der Waals surface area contributed by atoms with E-state index in [2.05, 4.69) is 16.3 Å². The fourth-order valence-corrected chi connectivity index (χ4v) is 2.80. The van der Waals surface area contributed by atoms with E-state index in [1.54, 1.807) is 20.2 Å². The molecule has 112 valence electrons. The molecule has 1 amide bonds. The van der Waals surface area contributed by atoms with Crippen LogP contribution in [0.15, 0.2) is 18.2 Å². The molecule has 1 atom stereocenters. The summed E-state index contributed by atoms with van der Waals surface area (Å²) in [5, 5.41) is 11.7. The van der Waals surface area contributed by atoms with E-state index in [0.29, 0.717) is 11.3 Å². The molecule has 0 aromatic heterocycles. The third kappa shape index (κ3) is 3.73. The van der Waals surface area contributed by atoms with Gasteiger partial charge in [0.15, 0.2) is 0 Å². The van der Waals surface area contributed by atoms with Gasteiger partial charge < -0.3 is 10.1 Å². The molecular weight excluding hydrogens is 266 g/mol. The zero-order valence-electron chi connectivity index (χ0n) is 12.6. The molecule has 1 aliphatic rings. The molecule has 1 N–H and O–H groups in total. The molecule has 21 heavy (non-hydrogen) atoms. The Morgan fingerprint density at radius 1 is 1.57 bits per heavy atom. The van der Waals surface area contributed by atoms with E-state index in [-0.39, 0.29) is 11.8 Å². The third-order valence-electron chi connectivity index (χ3n) is 3.92. The average molecular weight is 287 g/mol. The van der Waals surface area contributed by atoms with Crippen LogP contribution < -0.4 is 10.1 Å².